The summed E-state index contributed by atoms with van der Waals surface area (Å²) in [6, 6.07) is 12.0. The number of benzene rings is 2. The fourth-order valence-electron chi connectivity index (χ4n) is 3.17. The van der Waals surface area contributed by atoms with Crippen LogP contribution in [0.5, 0.6) is 5.75 Å². The number of aromatic amines is 1. The fraction of sp³-hybridized carbons (Fsp3) is 0.182. The maximum atomic E-state index is 12.6. The van der Waals surface area contributed by atoms with Crippen LogP contribution in [-0.4, -0.2) is 54.2 Å². The molecule has 1 saturated heterocycles. The maximum Gasteiger partial charge on any atom is 0.293 e. The molecule has 3 aromatic rings. The molecule has 1 aromatic heterocycles. The average molecular weight is 465 g/mol. The van der Waals surface area contributed by atoms with Gasteiger partial charge in [-0.3, -0.25) is 19.3 Å². The van der Waals surface area contributed by atoms with Gasteiger partial charge >= 0.3 is 0 Å². The second kappa shape index (κ2) is 9.65. The quantitative estimate of drug-likeness (QED) is 0.452. The van der Waals surface area contributed by atoms with Gasteiger partial charge in [0.1, 0.15) is 5.75 Å². The summed E-state index contributed by atoms with van der Waals surface area (Å²) in [5.74, 6) is -0.0424. The Morgan fingerprint density at radius 2 is 2.00 bits per heavy atom. The Bertz CT molecular complexity index is 1220. The number of nitrogens with one attached hydrogen (secondary N) is 2. The zero-order valence-electron chi connectivity index (χ0n) is 17.6. The van der Waals surface area contributed by atoms with Gasteiger partial charge in [-0.15, -0.1) is 10.2 Å². The normalized spacial score (nSPS) is 14.8. The smallest absolute Gasteiger partial charge is 0.293 e. The highest BCUT2D eigenvalue weighted by Gasteiger charge is 2.34. The van der Waals surface area contributed by atoms with E-state index in [4.69, 9.17) is 0 Å². The number of rotatable bonds is 7. The van der Waals surface area contributed by atoms with Crippen LogP contribution in [-0.2, 0) is 9.59 Å². The summed E-state index contributed by atoms with van der Waals surface area (Å²) in [5, 5.41) is 25.9. The Morgan fingerprint density at radius 3 is 2.70 bits per heavy atom. The topological polar surface area (TPSA) is 141 Å². The van der Waals surface area contributed by atoms with Crippen LogP contribution in [0.3, 0.4) is 0 Å². The van der Waals surface area contributed by atoms with Crippen molar-refractivity contribution in [3.8, 4) is 17.1 Å². The Kier molecular flexibility index (Phi) is 6.50. The molecule has 0 radical (unpaired) electrons. The van der Waals surface area contributed by atoms with Crippen LogP contribution >= 0.6 is 11.8 Å². The number of nitrogens with zero attached hydrogens (tertiary/aromatic N) is 4. The van der Waals surface area contributed by atoms with Crippen molar-refractivity contribution in [3.05, 3.63) is 58.5 Å². The van der Waals surface area contributed by atoms with Crippen molar-refractivity contribution >= 4 is 40.6 Å². The van der Waals surface area contributed by atoms with Crippen molar-refractivity contribution < 1.29 is 19.5 Å². The highest BCUT2D eigenvalue weighted by molar-refractivity contribution is 8.18. The van der Waals surface area contributed by atoms with Gasteiger partial charge in [0.25, 0.3) is 11.1 Å². The summed E-state index contributed by atoms with van der Waals surface area (Å²) >= 11 is 0.848. The lowest BCUT2D eigenvalue weighted by Crippen LogP contribution is -2.29. The van der Waals surface area contributed by atoms with Crippen molar-refractivity contribution in [2.75, 3.05) is 11.9 Å². The summed E-state index contributed by atoms with van der Waals surface area (Å²) in [4.78, 5) is 38.5. The summed E-state index contributed by atoms with van der Waals surface area (Å²) < 4.78 is 0. The number of amides is 3. The third-order valence-corrected chi connectivity index (χ3v) is 5.87. The van der Waals surface area contributed by atoms with Gasteiger partial charge < -0.3 is 10.4 Å². The van der Waals surface area contributed by atoms with Crippen molar-refractivity contribution in [2.24, 2.45) is 0 Å². The summed E-state index contributed by atoms with van der Waals surface area (Å²) in [5.41, 5.74) is 2.73. The van der Waals surface area contributed by atoms with E-state index in [0.29, 0.717) is 23.5 Å². The Balaban J connectivity index is 1.28. The number of thioether (sulfide) groups is 1. The molecule has 1 fully saturated rings. The van der Waals surface area contributed by atoms with E-state index < -0.39 is 5.91 Å². The molecule has 0 bridgehead atoms. The Labute approximate surface area is 193 Å². The van der Waals surface area contributed by atoms with E-state index in [-0.39, 0.29) is 34.8 Å². The van der Waals surface area contributed by atoms with Crippen LogP contribution < -0.4 is 5.32 Å². The van der Waals surface area contributed by atoms with Crippen molar-refractivity contribution in [3.63, 3.8) is 0 Å². The van der Waals surface area contributed by atoms with Gasteiger partial charge in [0.15, 0.2) is 0 Å². The first-order chi connectivity index (χ1) is 15.9. The maximum absolute atomic E-state index is 12.6. The number of H-pyrrole nitrogens is 1. The number of carbonyl (C=O) groups is 3. The molecule has 0 aliphatic carbocycles. The largest absolute Gasteiger partial charge is 0.508 e. The van der Waals surface area contributed by atoms with Gasteiger partial charge in [-0.25, -0.2) is 0 Å². The molecule has 0 spiro atoms. The Morgan fingerprint density at radius 1 is 1.21 bits per heavy atom. The minimum absolute atomic E-state index is 0.124. The summed E-state index contributed by atoms with van der Waals surface area (Å²) in [6.07, 6.45) is 2.07. The number of phenols is 1. The van der Waals surface area contributed by atoms with E-state index in [9.17, 15) is 19.5 Å². The molecular formula is C22H20N6O4S. The SMILES string of the molecule is Cc1ccc(/C=C2\SC(=O)N(CCCC(=O)Nc3ccc(-c4nn[nH]n4)cc3)C2=O)cc1O. The first-order valence-electron chi connectivity index (χ1n) is 10.1. The number of aromatic nitrogens is 4. The van der Waals surface area contributed by atoms with Crippen LogP contribution in [0, 0.1) is 6.92 Å². The Hall–Kier alpha value is -3.99. The van der Waals surface area contributed by atoms with E-state index in [1.807, 2.05) is 0 Å². The summed E-state index contributed by atoms with van der Waals surface area (Å²) in [6.45, 7) is 1.92. The summed E-state index contributed by atoms with van der Waals surface area (Å²) in [7, 11) is 0. The number of imide groups is 1. The molecule has 33 heavy (non-hydrogen) atoms. The van der Waals surface area contributed by atoms with Crippen LogP contribution in [0.15, 0.2) is 47.4 Å². The van der Waals surface area contributed by atoms with Gasteiger partial charge in [0, 0.05) is 24.2 Å². The molecule has 11 heteroatoms. The highest BCUT2D eigenvalue weighted by Crippen LogP contribution is 2.33. The van der Waals surface area contributed by atoms with Gasteiger partial charge in [-0.1, -0.05) is 12.1 Å². The zero-order valence-corrected chi connectivity index (χ0v) is 18.4. The number of tetrazole rings is 1. The van der Waals surface area contributed by atoms with E-state index in [1.54, 1.807) is 55.5 Å². The molecule has 0 saturated carbocycles. The van der Waals surface area contributed by atoms with Crippen molar-refractivity contribution in [1.29, 1.82) is 0 Å². The number of aromatic hydroxyl groups is 1. The third kappa shape index (κ3) is 5.26. The van der Waals surface area contributed by atoms with E-state index >= 15 is 0 Å². The van der Waals surface area contributed by atoms with E-state index in [2.05, 4.69) is 25.9 Å². The average Bonchev–Trinajstić information content (AvgIpc) is 3.41. The van der Waals surface area contributed by atoms with Gasteiger partial charge in [-0.2, -0.15) is 5.21 Å². The van der Waals surface area contributed by atoms with Crippen molar-refractivity contribution in [2.45, 2.75) is 19.8 Å². The van der Waals surface area contributed by atoms with Gasteiger partial charge in [0.05, 0.1) is 4.91 Å². The minimum Gasteiger partial charge on any atom is -0.508 e. The molecule has 3 N–H and O–H groups in total. The second-order valence-electron chi connectivity index (χ2n) is 7.34. The molecule has 1 aliphatic heterocycles. The predicted octanol–water partition coefficient (Wildman–Crippen LogP) is 3.34. The van der Waals surface area contributed by atoms with Crippen molar-refractivity contribution in [1.82, 2.24) is 25.5 Å². The van der Waals surface area contributed by atoms with E-state index in [1.165, 1.54) is 0 Å². The van der Waals surface area contributed by atoms with Crippen LogP contribution in [0.1, 0.15) is 24.0 Å². The number of hydrogen-bond donors (Lipinski definition) is 3. The number of aryl methyl sites for hydroxylation is 1. The zero-order chi connectivity index (χ0) is 23.4. The van der Waals surface area contributed by atoms with Gasteiger partial charge in [0.2, 0.25) is 11.7 Å². The van der Waals surface area contributed by atoms with Crippen LogP contribution in [0.4, 0.5) is 10.5 Å². The number of phenolic OH excluding ortho intramolecular Hbond substituents is 1. The standard InChI is InChI=1S/C22H20N6O4S/c1-13-4-5-14(11-17(13)29)12-18-21(31)28(22(32)33-18)10-2-3-19(30)23-16-8-6-15(7-9-16)20-24-26-27-25-20/h4-9,11-12,29H,2-3,10H2,1H3,(H,23,30)(H,24,25,26,27)/b18-12-. The minimum atomic E-state index is -0.400. The lowest BCUT2D eigenvalue weighted by atomic mass is 10.1. The van der Waals surface area contributed by atoms with E-state index in [0.717, 1.165) is 27.8 Å². The lowest BCUT2D eigenvalue weighted by molar-refractivity contribution is -0.123. The molecule has 168 valence electrons. The lowest BCUT2D eigenvalue weighted by Gasteiger charge is -2.12. The monoisotopic (exact) mass is 464 g/mol. The third-order valence-electron chi connectivity index (χ3n) is 4.96. The molecule has 4 rings (SSSR count). The molecule has 0 atom stereocenters. The number of anilines is 1. The molecule has 0 unspecified atom stereocenters. The first kappa shape index (κ1) is 22.2. The van der Waals surface area contributed by atoms with Gasteiger partial charge in [-0.05, 0) is 77.9 Å². The fourth-order valence-corrected chi connectivity index (χ4v) is 4.03. The highest BCUT2D eigenvalue weighted by atomic mass is 32.2. The molecule has 2 aromatic carbocycles. The first-order valence-corrected chi connectivity index (χ1v) is 10.9. The number of carbonyl (C=O) groups excluding carboxylic acids is 3. The molecule has 2 heterocycles. The molecule has 3 amide bonds. The molecule has 10 nitrogen and oxygen atoms in total. The molecule has 1 aliphatic rings. The number of hydrogen-bond acceptors (Lipinski definition) is 8. The molecular weight excluding hydrogens is 444 g/mol. The van der Waals surface area contributed by atoms with Crippen LogP contribution in [0.25, 0.3) is 17.5 Å². The predicted molar refractivity (Wildman–Crippen MR) is 123 cm³/mol. The second-order valence-corrected chi connectivity index (χ2v) is 8.34. The van der Waals surface area contributed by atoms with Crippen LogP contribution in [0.2, 0.25) is 0 Å².